The molecule has 2 aromatic heterocycles. The zero-order valence-electron chi connectivity index (χ0n) is 8.40. The number of aromatic nitrogens is 3. The summed E-state index contributed by atoms with van der Waals surface area (Å²) in [4.78, 5) is 11.6. The van der Waals surface area contributed by atoms with Crippen LogP contribution in [0.1, 0.15) is 11.3 Å². The summed E-state index contributed by atoms with van der Waals surface area (Å²) in [5.41, 5.74) is 7.67. The normalized spacial score (nSPS) is 10.5. The molecule has 0 saturated heterocycles. The molecule has 5 heteroatoms. The summed E-state index contributed by atoms with van der Waals surface area (Å²) in [7, 11) is 0. The summed E-state index contributed by atoms with van der Waals surface area (Å²) in [6.45, 7) is 2.50. The second-order valence-corrected chi connectivity index (χ2v) is 4.16. The highest BCUT2D eigenvalue weighted by molar-refractivity contribution is 7.99. The van der Waals surface area contributed by atoms with Gasteiger partial charge in [0.05, 0.1) is 0 Å². The topological polar surface area (TPSA) is 67.6 Å². The molecule has 0 aliphatic heterocycles. The van der Waals surface area contributed by atoms with Crippen LogP contribution in [0.25, 0.3) is 0 Å². The highest BCUT2D eigenvalue weighted by Gasteiger charge is 2.03. The molecular weight excluding hydrogens is 208 g/mol. The number of imidazole rings is 1. The van der Waals surface area contributed by atoms with E-state index in [0.29, 0.717) is 6.54 Å². The molecule has 0 aliphatic rings. The van der Waals surface area contributed by atoms with E-state index in [2.05, 4.69) is 15.0 Å². The SMILES string of the molecule is Cc1cc(CN)cc(Sc2ncc[nH]2)n1. The Morgan fingerprint density at radius 2 is 2.33 bits per heavy atom. The molecule has 78 valence electrons. The van der Waals surface area contributed by atoms with Crippen LogP contribution in [0.3, 0.4) is 0 Å². The summed E-state index contributed by atoms with van der Waals surface area (Å²) in [6, 6.07) is 3.98. The predicted molar refractivity (Wildman–Crippen MR) is 59.6 cm³/mol. The Balaban J connectivity index is 2.24. The predicted octanol–water partition coefficient (Wildman–Crippen LogP) is 1.72. The molecule has 0 aromatic carbocycles. The van der Waals surface area contributed by atoms with Crippen molar-refractivity contribution < 1.29 is 0 Å². The van der Waals surface area contributed by atoms with Gasteiger partial charge in [-0.2, -0.15) is 0 Å². The molecule has 0 radical (unpaired) electrons. The van der Waals surface area contributed by atoms with Gasteiger partial charge in [-0.1, -0.05) is 0 Å². The van der Waals surface area contributed by atoms with Crippen LogP contribution in [0.5, 0.6) is 0 Å². The Kier molecular flexibility index (Phi) is 3.03. The van der Waals surface area contributed by atoms with Gasteiger partial charge in [0.15, 0.2) is 5.16 Å². The van der Waals surface area contributed by atoms with Crippen LogP contribution < -0.4 is 5.73 Å². The minimum Gasteiger partial charge on any atom is -0.339 e. The minimum absolute atomic E-state index is 0.537. The van der Waals surface area contributed by atoms with E-state index in [1.807, 2.05) is 19.1 Å². The Hall–Kier alpha value is -1.33. The van der Waals surface area contributed by atoms with Gasteiger partial charge in [-0.25, -0.2) is 9.97 Å². The third kappa shape index (κ3) is 2.57. The fourth-order valence-electron chi connectivity index (χ4n) is 1.28. The molecule has 0 atom stereocenters. The van der Waals surface area contributed by atoms with E-state index in [1.54, 1.807) is 12.4 Å². The maximum atomic E-state index is 5.60. The van der Waals surface area contributed by atoms with Crippen LogP contribution in [-0.4, -0.2) is 15.0 Å². The van der Waals surface area contributed by atoms with Crippen molar-refractivity contribution in [2.24, 2.45) is 5.73 Å². The fourth-order valence-corrected chi connectivity index (χ4v) is 2.12. The summed E-state index contributed by atoms with van der Waals surface area (Å²) >= 11 is 1.50. The van der Waals surface area contributed by atoms with Gasteiger partial charge in [0.2, 0.25) is 0 Å². The lowest BCUT2D eigenvalue weighted by atomic mass is 10.2. The van der Waals surface area contributed by atoms with Crippen molar-refractivity contribution in [2.75, 3.05) is 0 Å². The molecular formula is C10H12N4S. The van der Waals surface area contributed by atoms with Crippen LogP contribution in [0, 0.1) is 6.92 Å². The van der Waals surface area contributed by atoms with Crippen LogP contribution in [0.4, 0.5) is 0 Å². The van der Waals surface area contributed by atoms with Crippen molar-refractivity contribution in [3.63, 3.8) is 0 Å². The van der Waals surface area contributed by atoms with E-state index in [9.17, 15) is 0 Å². The number of hydrogen-bond donors (Lipinski definition) is 2. The van der Waals surface area contributed by atoms with E-state index < -0.39 is 0 Å². The van der Waals surface area contributed by atoms with Gasteiger partial charge in [0.1, 0.15) is 5.03 Å². The molecule has 3 N–H and O–H groups in total. The first-order valence-electron chi connectivity index (χ1n) is 4.63. The van der Waals surface area contributed by atoms with Gasteiger partial charge in [-0.05, 0) is 36.4 Å². The van der Waals surface area contributed by atoms with E-state index in [-0.39, 0.29) is 0 Å². The number of nitrogens with one attached hydrogen (secondary N) is 1. The highest BCUT2D eigenvalue weighted by atomic mass is 32.2. The number of aromatic amines is 1. The Labute approximate surface area is 92.3 Å². The second kappa shape index (κ2) is 4.46. The summed E-state index contributed by atoms with van der Waals surface area (Å²) < 4.78 is 0. The lowest BCUT2D eigenvalue weighted by molar-refractivity contribution is 0.976. The zero-order valence-corrected chi connectivity index (χ0v) is 9.21. The number of H-pyrrole nitrogens is 1. The molecule has 4 nitrogen and oxygen atoms in total. The molecule has 2 rings (SSSR count). The number of pyridine rings is 1. The number of nitrogens with two attached hydrogens (primary N) is 1. The van der Waals surface area contributed by atoms with Crippen molar-refractivity contribution in [1.82, 2.24) is 15.0 Å². The summed E-state index contributed by atoms with van der Waals surface area (Å²) in [5.74, 6) is 0. The molecule has 2 aromatic rings. The summed E-state index contributed by atoms with van der Waals surface area (Å²) in [6.07, 6.45) is 3.52. The van der Waals surface area contributed by atoms with E-state index in [1.165, 1.54) is 11.8 Å². The first-order valence-corrected chi connectivity index (χ1v) is 5.44. The standard InChI is InChI=1S/C10H12N4S/c1-7-4-8(6-11)5-9(14-7)15-10-12-2-3-13-10/h2-5H,6,11H2,1H3,(H,12,13). The zero-order chi connectivity index (χ0) is 10.7. The molecule has 0 aliphatic carbocycles. The molecule has 0 fully saturated rings. The smallest absolute Gasteiger partial charge is 0.171 e. The second-order valence-electron chi connectivity index (χ2n) is 3.16. The largest absolute Gasteiger partial charge is 0.339 e. The number of aryl methyl sites for hydroxylation is 1. The van der Waals surface area contributed by atoms with Crippen LogP contribution in [0.2, 0.25) is 0 Å². The van der Waals surface area contributed by atoms with Crippen molar-refractivity contribution >= 4 is 11.8 Å². The lowest BCUT2D eigenvalue weighted by Gasteiger charge is -2.03. The van der Waals surface area contributed by atoms with Gasteiger partial charge in [0, 0.05) is 24.6 Å². The average molecular weight is 220 g/mol. The monoisotopic (exact) mass is 220 g/mol. The summed E-state index contributed by atoms with van der Waals surface area (Å²) in [5, 5.41) is 1.77. The molecule has 15 heavy (non-hydrogen) atoms. The van der Waals surface area contributed by atoms with Crippen LogP contribution in [0.15, 0.2) is 34.7 Å². The highest BCUT2D eigenvalue weighted by Crippen LogP contribution is 2.23. The quantitative estimate of drug-likeness (QED) is 0.826. The lowest BCUT2D eigenvalue weighted by Crippen LogP contribution is -1.98. The first kappa shape index (κ1) is 10.2. The molecule has 0 unspecified atom stereocenters. The number of nitrogens with zero attached hydrogens (tertiary/aromatic N) is 2. The van der Waals surface area contributed by atoms with Gasteiger partial charge in [0.25, 0.3) is 0 Å². The first-order chi connectivity index (χ1) is 7.28. The molecule has 2 heterocycles. The molecule has 0 saturated carbocycles. The number of rotatable bonds is 3. The molecule has 0 spiro atoms. The van der Waals surface area contributed by atoms with Crippen molar-refractivity contribution in [1.29, 1.82) is 0 Å². The maximum Gasteiger partial charge on any atom is 0.171 e. The van der Waals surface area contributed by atoms with Crippen molar-refractivity contribution in [3.05, 3.63) is 35.8 Å². The van der Waals surface area contributed by atoms with Gasteiger partial charge >= 0.3 is 0 Å². The Bertz CT molecular complexity index is 439. The maximum absolute atomic E-state index is 5.60. The average Bonchev–Trinajstić information content (AvgIpc) is 2.69. The van der Waals surface area contributed by atoms with Gasteiger partial charge in [-0.15, -0.1) is 0 Å². The van der Waals surface area contributed by atoms with Gasteiger partial charge in [-0.3, -0.25) is 0 Å². The molecule has 0 amide bonds. The fraction of sp³-hybridized carbons (Fsp3) is 0.200. The van der Waals surface area contributed by atoms with Crippen LogP contribution in [-0.2, 0) is 6.54 Å². The third-order valence-electron chi connectivity index (χ3n) is 1.90. The molecule has 0 bridgehead atoms. The van der Waals surface area contributed by atoms with Gasteiger partial charge < -0.3 is 10.7 Å². The van der Waals surface area contributed by atoms with Crippen molar-refractivity contribution in [3.8, 4) is 0 Å². The number of hydrogen-bond acceptors (Lipinski definition) is 4. The van der Waals surface area contributed by atoms with E-state index >= 15 is 0 Å². The van der Waals surface area contributed by atoms with E-state index in [4.69, 9.17) is 5.73 Å². The third-order valence-corrected chi connectivity index (χ3v) is 2.73. The Morgan fingerprint density at radius 3 is 3.00 bits per heavy atom. The minimum atomic E-state index is 0.537. The van der Waals surface area contributed by atoms with Crippen molar-refractivity contribution in [2.45, 2.75) is 23.7 Å². The van der Waals surface area contributed by atoms with E-state index in [0.717, 1.165) is 21.4 Å². The Morgan fingerprint density at radius 1 is 1.47 bits per heavy atom. The van der Waals surface area contributed by atoms with Crippen LogP contribution >= 0.6 is 11.8 Å².